The summed E-state index contributed by atoms with van der Waals surface area (Å²) in [6, 6.07) is 12.2. The molecule has 1 aromatic heterocycles. The molecule has 1 aromatic carbocycles. The normalized spacial score (nSPS) is 16.5. The number of aryl methyl sites for hydroxylation is 1. The SMILES string of the molecule is CC(C)N1CCC(Oc2ccc(-c3ccc(=O)n(C)c3)cc2)CC1. The van der Waals surface area contributed by atoms with E-state index in [0.29, 0.717) is 12.1 Å². The molecule has 4 nitrogen and oxygen atoms in total. The van der Waals surface area contributed by atoms with E-state index in [0.717, 1.165) is 42.8 Å². The van der Waals surface area contributed by atoms with Gasteiger partial charge in [0.15, 0.2) is 0 Å². The first-order valence-corrected chi connectivity index (χ1v) is 8.71. The maximum Gasteiger partial charge on any atom is 0.250 e. The van der Waals surface area contributed by atoms with E-state index >= 15 is 0 Å². The van der Waals surface area contributed by atoms with Gasteiger partial charge in [0, 0.05) is 38.4 Å². The molecule has 0 aliphatic carbocycles. The summed E-state index contributed by atoms with van der Waals surface area (Å²) in [4.78, 5) is 14.0. The van der Waals surface area contributed by atoms with Crippen LogP contribution in [-0.4, -0.2) is 34.7 Å². The molecule has 2 heterocycles. The summed E-state index contributed by atoms with van der Waals surface area (Å²) in [5, 5.41) is 0. The number of hydrogen-bond donors (Lipinski definition) is 0. The maximum atomic E-state index is 11.5. The van der Waals surface area contributed by atoms with E-state index in [-0.39, 0.29) is 5.56 Å². The second kappa shape index (κ2) is 7.22. The topological polar surface area (TPSA) is 34.5 Å². The van der Waals surface area contributed by atoms with Gasteiger partial charge in [0.1, 0.15) is 11.9 Å². The van der Waals surface area contributed by atoms with Crippen LogP contribution in [0.3, 0.4) is 0 Å². The molecule has 1 fully saturated rings. The van der Waals surface area contributed by atoms with Crippen molar-refractivity contribution in [3.05, 3.63) is 52.9 Å². The molecule has 0 radical (unpaired) electrons. The summed E-state index contributed by atoms with van der Waals surface area (Å²) in [6.07, 6.45) is 4.34. The Morgan fingerprint density at radius 2 is 1.62 bits per heavy atom. The second-order valence-corrected chi connectivity index (χ2v) is 6.84. The summed E-state index contributed by atoms with van der Waals surface area (Å²) in [7, 11) is 1.77. The van der Waals surface area contributed by atoms with E-state index in [9.17, 15) is 4.79 Å². The van der Waals surface area contributed by atoms with Gasteiger partial charge in [0.2, 0.25) is 5.56 Å². The van der Waals surface area contributed by atoms with Gasteiger partial charge in [-0.3, -0.25) is 4.79 Å². The highest BCUT2D eigenvalue weighted by Gasteiger charge is 2.21. The molecule has 128 valence electrons. The third-order valence-corrected chi connectivity index (χ3v) is 4.78. The molecule has 3 rings (SSSR count). The average molecular weight is 326 g/mol. The number of rotatable bonds is 4. The molecule has 24 heavy (non-hydrogen) atoms. The summed E-state index contributed by atoms with van der Waals surface area (Å²) < 4.78 is 7.73. The molecule has 2 aromatic rings. The zero-order chi connectivity index (χ0) is 17.1. The lowest BCUT2D eigenvalue weighted by atomic mass is 10.1. The monoisotopic (exact) mass is 326 g/mol. The highest BCUT2D eigenvalue weighted by Crippen LogP contribution is 2.24. The first kappa shape index (κ1) is 16.8. The Kier molecular flexibility index (Phi) is 5.05. The van der Waals surface area contributed by atoms with Gasteiger partial charge in [-0.1, -0.05) is 12.1 Å². The first-order valence-electron chi connectivity index (χ1n) is 8.71. The number of ether oxygens (including phenoxy) is 1. The number of hydrogen-bond acceptors (Lipinski definition) is 3. The molecule has 0 amide bonds. The van der Waals surface area contributed by atoms with Gasteiger partial charge < -0.3 is 14.2 Å². The third kappa shape index (κ3) is 3.88. The Morgan fingerprint density at radius 3 is 2.21 bits per heavy atom. The number of likely N-dealkylation sites (tertiary alicyclic amines) is 1. The molecule has 1 saturated heterocycles. The lowest BCUT2D eigenvalue weighted by molar-refractivity contribution is 0.0843. The van der Waals surface area contributed by atoms with Gasteiger partial charge in [0.05, 0.1) is 0 Å². The summed E-state index contributed by atoms with van der Waals surface area (Å²) in [5.74, 6) is 0.923. The number of pyridine rings is 1. The van der Waals surface area contributed by atoms with Crippen molar-refractivity contribution in [3.63, 3.8) is 0 Å². The van der Waals surface area contributed by atoms with Crippen LogP contribution in [0.5, 0.6) is 5.75 Å². The highest BCUT2D eigenvalue weighted by molar-refractivity contribution is 5.63. The van der Waals surface area contributed by atoms with Crippen molar-refractivity contribution in [2.75, 3.05) is 13.1 Å². The highest BCUT2D eigenvalue weighted by atomic mass is 16.5. The van der Waals surface area contributed by atoms with Gasteiger partial charge in [-0.15, -0.1) is 0 Å². The predicted molar refractivity (Wildman–Crippen MR) is 97.5 cm³/mol. The van der Waals surface area contributed by atoms with E-state index in [1.165, 1.54) is 0 Å². The predicted octanol–water partition coefficient (Wildman–Crippen LogP) is 3.30. The number of nitrogens with zero attached hydrogens (tertiary/aromatic N) is 2. The number of aromatic nitrogens is 1. The fraction of sp³-hybridized carbons (Fsp3) is 0.450. The molecule has 0 N–H and O–H groups in total. The van der Waals surface area contributed by atoms with E-state index in [2.05, 4.69) is 30.9 Å². The van der Waals surface area contributed by atoms with Crippen molar-refractivity contribution < 1.29 is 4.74 Å². The Morgan fingerprint density at radius 1 is 1.00 bits per heavy atom. The molecule has 1 aliphatic rings. The third-order valence-electron chi connectivity index (χ3n) is 4.78. The largest absolute Gasteiger partial charge is 0.490 e. The minimum atomic E-state index is 0.00597. The number of benzene rings is 1. The van der Waals surface area contributed by atoms with Crippen LogP contribution >= 0.6 is 0 Å². The molecular weight excluding hydrogens is 300 g/mol. The summed E-state index contributed by atoms with van der Waals surface area (Å²) >= 11 is 0. The molecule has 0 saturated carbocycles. The van der Waals surface area contributed by atoms with Crippen LogP contribution in [0.1, 0.15) is 26.7 Å². The fourth-order valence-corrected chi connectivity index (χ4v) is 3.19. The quantitative estimate of drug-likeness (QED) is 0.864. The second-order valence-electron chi connectivity index (χ2n) is 6.84. The minimum Gasteiger partial charge on any atom is -0.490 e. The van der Waals surface area contributed by atoms with Crippen LogP contribution in [-0.2, 0) is 7.05 Å². The first-order chi connectivity index (χ1) is 11.5. The van der Waals surface area contributed by atoms with Crippen LogP contribution in [0.15, 0.2) is 47.4 Å². The van der Waals surface area contributed by atoms with Crippen LogP contribution in [0.4, 0.5) is 0 Å². The summed E-state index contributed by atoms with van der Waals surface area (Å²) in [5.41, 5.74) is 2.13. The smallest absolute Gasteiger partial charge is 0.250 e. The van der Waals surface area contributed by atoms with Crippen molar-refractivity contribution in [1.82, 2.24) is 9.47 Å². The van der Waals surface area contributed by atoms with E-state index < -0.39 is 0 Å². The van der Waals surface area contributed by atoms with Crippen molar-refractivity contribution in [2.24, 2.45) is 7.05 Å². The van der Waals surface area contributed by atoms with Crippen LogP contribution in [0.25, 0.3) is 11.1 Å². The lowest BCUT2D eigenvalue weighted by Crippen LogP contribution is -2.41. The molecule has 0 unspecified atom stereocenters. The van der Waals surface area contributed by atoms with Gasteiger partial charge in [0.25, 0.3) is 0 Å². The standard InChI is InChI=1S/C20H26N2O2/c1-15(2)22-12-10-19(11-13-22)24-18-7-4-16(5-8-18)17-6-9-20(23)21(3)14-17/h4-9,14-15,19H,10-13H2,1-3H3. The van der Waals surface area contributed by atoms with E-state index in [1.807, 2.05) is 24.4 Å². The Hall–Kier alpha value is -2.07. The van der Waals surface area contributed by atoms with Gasteiger partial charge in [-0.05, 0) is 56.0 Å². The zero-order valence-electron chi connectivity index (χ0n) is 14.7. The average Bonchev–Trinajstić information content (AvgIpc) is 2.58. The minimum absolute atomic E-state index is 0.00597. The van der Waals surface area contributed by atoms with Crippen molar-refractivity contribution in [3.8, 4) is 16.9 Å². The van der Waals surface area contributed by atoms with Crippen LogP contribution < -0.4 is 10.3 Å². The van der Waals surface area contributed by atoms with Crippen molar-refractivity contribution in [2.45, 2.75) is 38.8 Å². The molecular formula is C20H26N2O2. The zero-order valence-corrected chi connectivity index (χ0v) is 14.7. The lowest BCUT2D eigenvalue weighted by Gasteiger charge is -2.34. The Balaban J connectivity index is 1.63. The molecule has 4 heteroatoms. The van der Waals surface area contributed by atoms with Gasteiger partial charge in [-0.25, -0.2) is 0 Å². The molecule has 0 bridgehead atoms. The number of piperidine rings is 1. The van der Waals surface area contributed by atoms with E-state index in [1.54, 1.807) is 17.7 Å². The van der Waals surface area contributed by atoms with Gasteiger partial charge in [-0.2, -0.15) is 0 Å². The maximum absolute atomic E-state index is 11.5. The van der Waals surface area contributed by atoms with E-state index in [4.69, 9.17) is 4.74 Å². The molecule has 0 spiro atoms. The fourth-order valence-electron chi connectivity index (χ4n) is 3.19. The molecule has 1 aliphatic heterocycles. The van der Waals surface area contributed by atoms with Crippen molar-refractivity contribution >= 4 is 0 Å². The summed E-state index contributed by atoms with van der Waals surface area (Å²) in [6.45, 7) is 6.72. The van der Waals surface area contributed by atoms with Crippen LogP contribution in [0, 0.1) is 0 Å². The van der Waals surface area contributed by atoms with Crippen LogP contribution in [0.2, 0.25) is 0 Å². The Labute approximate surface area is 143 Å². The van der Waals surface area contributed by atoms with Gasteiger partial charge >= 0.3 is 0 Å². The molecule has 0 atom stereocenters. The van der Waals surface area contributed by atoms with Crippen molar-refractivity contribution in [1.29, 1.82) is 0 Å². The Bertz CT molecular complexity index is 726.